The first-order valence-electron chi connectivity index (χ1n) is 10.4. The Hall–Kier alpha value is -2.74. The minimum absolute atomic E-state index is 1.07. The summed E-state index contributed by atoms with van der Waals surface area (Å²) in [6.45, 7) is 4.32. The summed E-state index contributed by atoms with van der Waals surface area (Å²) in [5, 5.41) is 8.34. The molecule has 0 heterocycles. The maximum absolute atomic E-state index is 4.17. The second kappa shape index (κ2) is 13.4. The highest BCUT2D eigenvalue weighted by Crippen LogP contribution is 2.07. The molecule has 28 heavy (non-hydrogen) atoms. The number of hydrogen-bond acceptors (Lipinski definition) is 2. The first-order valence-corrected chi connectivity index (χ1v) is 10.4. The summed E-state index contributed by atoms with van der Waals surface area (Å²) in [6.07, 6.45) is 19.1. The van der Waals surface area contributed by atoms with Crippen molar-refractivity contribution in [2.75, 3.05) is 0 Å². The van der Waals surface area contributed by atoms with E-state index in [0.29, 0.717) is 0 Å². The van der Waals surface area contributed by atoms with Crippen LogP contribution in [0.5, 0.6) is 0 Å². The lowest BCUT2D eigenvalue weighted by Crippen LogP contribution is -1.87. The lowest BCUT2D eigenvalue weighted by Gasteiger charge is -1.99. The van der Waals surface area contributed by atoms with Gasteiger partial charge in [0.2, 0.25) is 0 Å². The average Bonchev–Trinajstić information content (AvgIpc) is 2.74. The summed E-state index contributed by atoms with van der Waals surface area (Å²) in [5.74, 6) is 0. The molecule has 2 aromatic carbocycles. The molecular formula is C26H32N2. The van der Waals surface area contributed by atoms with Gasteiger partial charge in [0.1, 0.15) is 0 Å². The Morgan fingerprint density at radius 2 is 0.964 bits per heavy atom. The number of hydrogen-bond donors (Lipinski definition) is 0. The minimum Gasteiger partial charge on any atom is -0.159 e. The molecule has 0 aliphatic rings. The Bertz CT molecular complexity index is 709. The molecule has 0 atom stereocenters. The van der Waals surface area contributed by atoms with Gasteiger partial charge in [0.15, 0.2) is 0 Å². The first kappa shape index (κ1) is 21.6. The molecule has 0 bridgehead atoms. The molecule has 0 spiro atoms. The number of rotatable bonds is 11. The van der Waals surface area contributed by atoms with E-state index in [2.05, 4.69) is 96.9 Å². The van der Waals surface area contributed by atoms with Gasteiger partial charge in [0.25, 0.3) is 0 Å². The molecule has 2 rings (SSSR count). The minimum atomic E-state index is 1.07. The van der Waals surface area contributed by atoms with Crippen molar-refractivity contribution in [2.45, 2.75) is 52.4 Å². The van der Waals surface area contributed by atoms with Gasteiger partial charge in [-0.1, -0.05) is 86.7 Å². The van der Waals surface area contributed by atoms with Crippen LogP contribution in [0, 0.1) is 0 Å². The summed E-state index contributed by atoms with van der Waals surface area (Å²) in [7, 11) is 0. The molecule has 0 fully saturated rings. The third kappa shape index (κ3) is 8.77. The molecular weight excluding hydrogens is 340 g/mol. The Morgan fingerprint density at radius 3 is 1.32 bits per heavy atom. The molecule has 0 aliphatic carbocycles. The van der Waals surface area contributed by atoms with E-state index in [-0.39, 0.29) is 0 Å². The molecule has 0 amide bonds. The van der Waals surface area contributed by atoms with Crippen LogP contribution >= 0.6 is 0 Å². The maximum atomic E-state index is 4.17. The maximum Gasteiger partial charge on any atom is 0.0568 e. The fourth-order valence-corrected chi connectivity index (χ4v) is 2.81. The van der Waals surface area contributed by atoms with Crippen LogP contribution in [0.15, 0.2) is 83.0 Å². The zero-order valence-electron chi connectivity index (χ0n) is 17.2. The van der Waals surface area contributed by atoms with E-state index in [1.54, 1.807) is 12.4 Å². The van der Waals surface area contributed by atoms with Gasteiger partial charge in [-0.25, -0.2) is 0 Å². The molecule has 0 unspecified atom stereocenters. The Kier molecular flexibility index (Phi) is 10.3. The van der Waals surface area contributed by atoms with Crippen molar-refractivity contribution in [1.82, 2.24) is 0 Å². The number of aryl methyl sites for hydroxylation is 2. The molecule has 0 N–H and O–H groups in total. The second-order valence-electron chi connectivity index (χ2n) is 6.81. The van der Waals surface area contributed by atoms with Crippen molar-refractivity contribution in [3.63, 3.8) is 0 Å². The van der Waals surface area contributed by atoms with Crippen molar-refractivity contribution in [3.05, 3.63) is 95.1 Å². The number of allylic oxidation sites excluding steroid dienone is 4. The summed E-state index contributed by atoms with van der Waals surface area (Å²) in [5.41, 5.74) is 4.85. The SMILES string of the molecule is CCC=CCCc1ccc(C=NN=Cc2ccc(CCC=CCC)cc2)cc1. The molecule has 2 heteroatoms. The van der Waals surface area contributed by atoms with Crippen LogP contribution in [0.3, 0.4) is 0 Å². The van der Waals surface area contributed by atoms with E-state index >= 15 is 0 Å². The predicted octanol–water partition coefficient (Wildman–Crippen LogP) is 6.94. The highest BCUT2D eigenvalue weighted by Gasteiger charge is 1.93. The fourth-order valence-electron chi connectivity index (χ4n) is 2.81. The van der Waals surface area contributed by atoms with Gasteiger partial charge in [0.05, 0.1) is 12.4 Å². The van der Waals surface area contributed by atoms with E-state index in [4.69, 9.17) is 0 Å². The van der Waals surface area contributed by atoms with Crippen LogP contribution < -0.4 is 0 Å². The highest BCUT2D eigenvalue weighted by molar-refractivity contribution is 5.82. The van der Waals surface area contributed by atoms with Gasteiger partial charge in [-0.3, -0.25) is 0 Å². The first-order chi connectivity index (χ1) is 13.8. The quantitative estimate of drug-likeness (QED) is 0.232. The summed E-state index contributed by atoms with van der Waals surface area (Å²) >= 11 is 0. The third-order valence-corrected chi connectivity index (χ3v) is 4.44. The molecule has 0 saturated carbocycles. The van der Waals surface area contributed by atoms with Crippen molar-refractivity contribution in [1.29, 1.82) is 0 Å². The van der Waals surface area contributed by atoms with Crippen LogP contribution in [0.2, 0.25) is 0 Å². The van der Waals surface area contributed by atoms with Crippen LogP contribution in [-0.2, 0) is 12.8 Å². The van der Waals surface area contributed by atoms with E-state index in [1.807, 2.05) is 0 Å². The van der Waals surface area contributed by atoms with Gasteiger partial charge in [-0.05, 0) is 60.8 Å². The normalized spacial score (nSPS) is 12.2. The number of benzene rings is 2. The van der Waals surface area contributed by atoms with Crippen molar-refractivity contribution in [2.24, 2.45) is 10.2 Å². The standard InChI is InChI=1S/C26H32N2/c1-3-5-7-9-11-23-13-17-25(18-14-23)21-27-28-22-26-19-15-24(16-20-26)12-10-8-6-4-2/h5-8,13-22H,3-4,9-12H2,1-2H3. The van der Waals surface area contributed by atoms with E-state index in [0.717, 1.165) is 49.7 Å². The predicted molar refractivity (Wildman–Crippen MR) is 124 cm³/mol. The summed E-state index contributed by atoms with van der Waals surface area (Å²) < 4.78 is 0. The van der Waals surface area contributed by atoms with Crippen LogP contribution in [-0.4, -0.2) is 12.4 Å². The van der Waals surface area contributed by atoms with Crippen LogP contribution in [0.4, 0.5) is 0 Å². The van der Waals surface area contributed by atoms with Gasteiger partial charge >= 0.3 is 0 Å². The monoisotopic (exact) mass is 372 g/mol. The van der Waals surface area contributed by atoms with E-state index < -0.39 is 0 Å². The fraction of sp³-hybridized carbons (Fsp3) is 0.308. The Balaban J connectivity index is 1.79. The summed E-state index contributed by atoms with van der Waals surface area (Å²) in [6, 6.07) is 17.1. The molecule has 0 aromatic heterocycles. The highest BCUT2D eigenvalue weighted by atomic mass is 15.2. The molecule has 0 saturated heterocycles. The second-order valence-corrected chi connectivity index (χ2v) is 6.81. The van der Waals surface area contributed by atoms with Gasteiger partial charge < -0.3 is 0 Å². The molecule has 146 valence electrons. The van der Waals surface area contributed by atoms with E-state index in [1.165, 1.54) is 11.1 Å². The topological polar surface area (TPSA) is 24.7 Å². The van der Waals surface area contributed by atoms with Gasteiger partial charge in [-0.2, -0.15) is 10.2 Å². The lowest BCUT2D eigenvalue weighted by atomic mass is 10.1. The summed E-state index contributed by atoms with van der Waals surface area (Å²) in [4.78, 5) is 0. The Morgan fingerprint density at radius 1 is 0.571 bits per heavy atom. The molecule has 0 radical (unpaired) electrons. The lowest BCUT2D eigenvalue weighted by molar-refractivity contribution is 0.992. The van der Waals surface area contributed by atoms with Crippen molar-refractivity contribution < 1.29 is 0 Å². The molecule has 0 aliphatic heterocycles. The van der Waals surface area contributed by atoms with Crippen LogP contribution in [0.25, 0.3) is 0 Å². The number of nitrogens with zero attached hydrogens (tertiary/aromatic N) is 2. The smallest absolute Gasteiger partial charge is 0.0568 e. The molecule has 2 aromatic rings. The Labute approximate surface area is 170 Å². The van der Waals surface area contributed by atoms with Crippen molar-refractivity contribution >= 4 is 12.4 Å². The van der Waals surface area contributed by atoms with Gasteiger partial charge in [0, 0.05) is 0 Å². The third-order valence-electron chi connectivity index (χ3n) is 4.44. The van der Waals surface area contributed by atoms with E-state index in [9.17, 15) is 0 Å². The zero-order valence-corrected chi connectivity index (χ0v) is 17.2. The average molecular weight is 373 g/mol. The van der Waals surface area contributed by atoms with Gasteiger partial charge in [-0.15, -0.1) is 0 Å². The zero-order chi connectivity index (χ0) is 19.9. The van der Waals surface area contributed by atoms with Crippen molar-refractivity contribution in [3.8, 4) is 0 Å². The molecule has 2 nitrogen and oxygen atoms in total. The van der Waals surface area contributed by atoms with Crippen LogP contribution in [0.1, 0.15) is 61.8 Å². The largest absolute Gasteiger partial charge is 0.159 e.